The van der Waals surface area contributed by atoms with Crippen molar-refractivity contribution in [2.24, 2.45) is 0 Å². The molecule has 3 heteroatoms. The molecule has 0 bridgehead atoms. The summed E-state index contributed by atoms with van der Waals surface area (Å²) in [5.41, 5.74) is 0.219. The van der Waals surface area contributed by atoms with Gasteiger partial charge in [0.25, 0.3) is 0 Å². The largest absolute Gasteiger partial charge is 0.501 e. The minimum atomic E-state index is -0.941. The van der Waals surface area contributed by atoms with Crippen LogP contribution in [0.1, 0.15) is 13.8 Å². The number of carboxylic acids is 1. The second-order valence-corrected chi connectivity index (χ2v) is 1.56. The monoisotopic (exact) mass is 130 g/mol. The molecule has 0 aliphatic rings. The number of hydrogen-bond acceptors (Lipinski definition) is 2. The summed E-state index contributed by atoms with van der Waals surface area (Å²) in [5.74, 6) is -0.941. The molecule has 0 amide bonds. The van der Waals surface area contributed by atoms with Crippen LogP contribution in [-0.4, -0.2) is 17.7 Å². The summed E-state index contributed by atoms with van der Waals surface area (Å²) in [5, 5.41) is 8.26. The Morgan fingerprint density at radius 2 is 2.33 bits per heavy atom. The third kappa shape index (κ3) is 3.58. The van der Waals surface area contributed by atoms with Crippen molar-refractivity contribution >= 4 is 5.97 Å². The van der Waals surface area contributed by atoms with E-state index >= 15 is 0 Å². The fourth-order valence-corrected chi connectivity index (χ4v) is 0.259. The van der Waals surface area contributed by atoms with Gasteiger partial charge in [0.15, 0.2) is 0 Å². The van der Waals surface area contributed by atoms with Crippen LogP contribution in [0.4, 0.5) is 0 Å². The number of carboxylic acid groups (broad SMARTS) is 1. The van der Waals surface area contributed by atoms with Gasteiger partial charge in [-0.15, -0.1) is 0 Å². The van der Waals surface area contributed by atoms with Crippen LogP contribution in [0.5, 0.6) is 0 Å². The third-order valence-corrected chi connectivity index (χ3v) is 0.764. The molecule has 0 aromatic carbocycles. The average Bonchev–Trinajstić information content (AvgIpc) is 1.82. The molecule has 0 radical (unpaired) electrons. The average molecular weight is 130 g/mol. The molecular weight excluding hydrogens is 120 g/mol. The SMILES string of the molecule is CCO/C=C(\C)C(=O)O. The molecule has 0 aliphatic heterocycles. The van der Waals surface area contributed by atoms with E-state index in [1.807, 2.05) is 0 Å². The lowest BCUT2D eigenvalue weighted by Gasteiger charge is -1.93. The Balaban J connectivity index is 3.69. The highest BCUT2D eigenvalue weighted by atomic mass is 16.5. The van der Waals surface area contributed by atoms with E-state index in [9.17, 15) is 4.79 Å². The lowest BCUT2D eigenvalue weighted by molar-refractivity contribution is -0.132. The molecule has 0 heterocycles. The number of aliphatic carboxylic acids is 1. The van der Waals surface area contributed by atoms with Crippen LogP contribution in [0.3, 0.4) is 0 Å². The van der Waals surface area contributed by atoms with Crippen molar-refractivity contribution in [3.63, 3.8) is 0 Å². The molecule has 0 rings (SSSR count). The van der Waals surface area contributed by atoms with Gasteiger partial charge in [-0.1, -0.05) is 0 Å². The standard InChI is InChI=1S/C6H10O3/c1-3-9-4-5(2)6(7)8/h4H,3H2,1-2H3,(H,7,8)/b5-4+. The normalized spacial score (nSPS) is 11.1. The van der Waals surface area contributed by atoms with Gasteiger partial charge < -0.3 is 9.84 Å². The van der Waals surface area contributed by atoms with E-state index in [0.717, 1.165) is 0 Å². The summed E-state index contributed by atoms with van der Waals surface area (Å²) in [6.45, 7) is 3.79. The van der Waals surface area contributed by atoms with E-state index in [1.54, 1.807) is 6.92 Å². The molecule has 0 aliphatic carbocycles. The van der Waals surface area contributed by atoms with Crippen LogP contribution >= 0.6 is 0 Å². The predicted octanol–water partition coefficient (Wildman–Crippen LogP) is 1.01. The third-order valence-electron chi connectivity index (χ3n) is 0.764. The summed E-state index contributed by atoms with van der Waals surface area (Å²) >= 11 is 0. The van der Waals surface area contributed by atoms with Crippen molar-refractivity contribution in [1.82, 2.24) is 0 Å². The minimum absolute atomic E-state index is 0.219. The van der Waals surface area contributed by atoms with Crippen molar-refractivity contribution in [3.05, 3.63) is 11.8 Å². The number of ether oxygens (including phenoxy) is 1. The first-order chi connectivity index (χ1) is 4.18. The molecule has 0 fully saturated rings. The van der Waals surface area contributed by atoms with E-state index in [4.69, 9.17) is 9.84 Å². The summed E-state index contributed by atoms with van der Waals surface area (Å²) in [7, 11) is 0. The molecule has 9 heavy (non-hydrogen) atoms. The molecular formula is C6H10O3. The molecule has 3 nitrogen and oxygen atoms in total. The summed E-state index contributed by atoms with van der Waals surface area (Å²) in [6.07, 6.45) is 1.24. The molecule has 0 saturated heterocycles. The fourth-order valence-electron chi connectivity index (χ4n) is 0.259. The van der Waals surface area contributed by atoms with Gasteiger partial charge in [-0.2, -0.15) is 0 Å². The maximum Gasteiger partial charge on any atom is 0.334 e. The van der Waals surface area contributed by atoms with E-state index in [0.29, 0.717) is 6.61 Å². The molecule has 0 saturated carbocycles. The van der Waals surface area contributed by atoms with Crippen molar-refractivity contribution in [2.45, 2.75) is 13.8 Å². The molecule has 1 N–H and O–H groups in total. The predicted molar refractivity (Wildman–Crippen MR) is 33.0 cm³/mol. The van der Waals surface area contributed by atoms with Crippen molar-refractivity contribution in [2.75, 3.05) is 6.61 Å². The van der Waals surface area contributed by atoms with Crippen LogP contribution in [0, 0.1) is 0 Å². The Bertz CT molecular complexity index is 126. The highest BCUT2D eigenvalue weighted by Gasteiger charge is 1.97. The zero-order valence-electron chi connectivity index (χ0n) is 5.55. The Kier molecular flexibility index (Phi) is 3.51. The van der Waals surface area contributed by atoms with Gasteiger partial charge in [0.1, 0.15) is 0 Å². The van der Waals surface area contributed by atoms with Gasteiger partial charge in [-0.25, -0.2) is 4.79 Å². The van der Waals surface area contributed by atoms with E-state index in [-0.39, 0.29) is 5.57 Å². The van der Waals surface area contributed by atoms with Gasteiger partial charge >= 0.3 is 5.97 Å². The first-order valence-electron chi connectivity index (χ1n) is 2.70. The Labute approximate surface area is 53.9 Å². The zero-order chi connectivity index (χ0) is 7.28. The quantitative estimate of drug-likeness (QED) is 0.458. The molecule has 0 atom stereocenters. The number of carbonyl (C=O) groups is 1. The van der Waals surface area contributed by atoms with Gasteiger partial charge in [0.2, 0.25) is 0 Å². The fraction of sp³-hybridized carbons (Fsp3) is 0.500. The van der Waals surface area contributed by atoms with Gasteiger partial charge in [0.05, 0.1) is 18.4 Å². The van der Waals surface area contributed by atoms with Crippen molar-refractivity contribution in [1.29, 1.82) is 0 Å². The second kappa shape index (κ2) is 3.95. The molecule has 0 aromatic heterocycles. The van der Waals surface area contributed by atoms with Gasteiger partial charge in [-0.3, -0.25) is 0 Å². The van der Waals surface area contributed by atoms with E-state index in [2.05, 4.69) is 0 Å². The van der Waals surface area contributed by atoms with E-state index in [1.165, 1.54) is 13.2 Å². The number of rotatable bonds is 3. The maximum atomic E-state index is 10.1. The molecule has 0 aromatic rings. The zero-order valence-corrected chi connectivity index (χ0v) is 5.55. The highest BCUT2D eigenvalue weighted by molar-refractivity contribution is 5.85. The van der Waals surface area contributed by atoms with Crippen LogP contribution in [0.25, 0.3) is 0 Å². The van der Waals surface area contributed by atoms with Crippen molar-refractivity contribution in [3.8, 4) is 0 Å². The smallest absolute Gasteiger partial charge is 0.334 e. The first kappa shape index (κ1) is 8.01. The van der Waals surface area contributed by atoms with Crippen LogP contribution in [0.2, 0.25) is 0 Å². The highest BCUT2D eigenvalue weighted by Crippen LogP contribution is 1.91. The van der Waals surface area contributed by atoms with Crippen molar-refractivity contribution < 1.29 is 14.6 Å². The van der Waals surface area contributed by atoms with Crippen LogP contribution in [-0.2, 0) is 9.53 Å². The summed E-state index contributed by atoms with van der Waals surface area (Å²) in [6, 6.07) is 0. The minimum Gasteiger partial charge on any atom is -0.501 e. The topological polar surface area (TPSA) is 46.5 Å². The van der Waals surface area contributed by atoms with Crippen LogP contribution < -0.4 is 0 Å². The lowest BCUT2D eigenvalue weighted by atomic mass is 10.3. The number of hydrogen-bond donors (Lipinski definition) is 1. The Morgan fingerprint density at radius 3 is 2.67 bits per heavy atom. The van der Waals surface area contributed by atoms with Gasteiger partial charge in [0, 0.05) is 0 Å². The van der Waals surface area contributed by atoms with E-state index < -0.39 is 5.97 Å². The Morgan fingerprint density at radius 1 is 1.78 bits per heavy atom. The molecule has 0 unspecified atom stereocenters. The Hall–Kier alpha value is -0.990. The first-order valence-corrected chi connectivity index (χ1v) is 2.70. The van der Waals surface area contributed by atoms with Gasteiger partial charge in [-0.05, 0) is 13.8 Å². The molecule has 0 spiro atoms. The molecule has 52 valence electrons. The van der Waals surface area contributed by atoms with Crippen LogP contribution in [0.15, 0.2) is 11.8 Å². The summed E-state index contributed by atoms with van der Waals surface area (Å²) in [4.78, 5) is 10.1. The lowest BCUT2D eigenvalue weighted by Crippen LogP contribution is -1.96. The maximum absolute atomic E-state index is 10.1. The summed E-state index contributed by atoms with van der Waals surface area (Å²) < 4.78 is 4.71. The second-order valence-electron chi connectivity index (χ2n) is 1.56.